The Bertz CT molecular complexity index is 718. The fourth-order valence-corrected chi connectivity index (χ4v) is 2.25. The quantitative estimate of drug-likeness (QED) is 0.690. The van der Waals surface area contributed by atoms with Gasteiger partial charge in [0.25, 0.3) is 11.2 Å². The van der Waals surface area contributed by atoms with Gasteiger partial charge in [-0.3, -0.25) is 14.9 Å². The van der Waals surface area contributed by atoms with Gasteiger partial charge < -0.3 is 10.3 Å². The van der Waals surface area contributed by atoms with Crippen molar-refractivity contribution < 1.29 is 4.92 Å². The molecule has 110 valence electrons. The van der Waals surface area contributed by atoms with Crippen LogP contribution in [-0.2, 0) is 6.54 Å². The van der Waals surface area contributed by atoms with Gasteiger partial charge in [-0.15, -0.1) is 0 Å². The number of benzene rings is 1. The molecule has 0 atom stereocenters. The SMILES string of the molecule is CC(C)n1c(-c2ccc([N+](=O)[O-])cc2)ccc(CN)c1=O. The van der Waals surface area contributed by atoms with Gasteiger partial charge in [0.05, 0.1) is 10.6 Å². The molecule has 2 aromatic rings. The fraction of sp³-hybridized carbons (Fsp3) is 0.267. The zero-order valence-corrected chi connectivity index (χ0v) is 11.9. The maximum absolute atomic E-state index is 12.4. The number of rotatable bonds is 4. The second kappa shape index (κ2) is 5.88. The van der Waals surface area contributed by atoms with Crippen LogP contribution < -0.4 is 11.3 Å². The van der Waals surface area contributed by atoms with Crippen LogP contribution in [0.25, 0.3) is 11.3 Å². The molecule has 0 saturated heterocycles. The van der Waals surface area contributed by atoms with Gasteiger partial charge in [-0.1, -0.05) is 6.07 Å². The van der Waals surface area contributed by atoms with Gasteiger partial charge in [0.1, 0.15) is 0 Å². The highest BCUT2D eigenvalue weighted by Crippen LogP contribution is 2.23. The molecule has 1 heterocycles. The number of nitrogens with zero attached hydrogens (tertiary/aromatic N) is 2. The van der Waals surface area contributed by atoms with E-state index in [2.05, 4.69) is 0 Å². The first-order valence-electron chi connectivity index (χ1n) is 6.65. The second-order valence-electron chi connectivity index (χ2n) is 5.02. The summed E-state index contributed by atoms with van der Waals surface area (Å²) in [5, 5.41) is 10.7. The van der Waals surface area contributed by atoms with Gasteiger partial charge in [0.2, 0.25) is 0 Å². The summed E-state index contributed by atoms with van der Waals surface area (Å²) in [5.74, 6) is 0. The number of pyridine rings is 1. The third-order valence-corrected chi connectivity index (χ3v) is 3.31. The van der Waals surface area contributed by atoms with Gasteiger partial charge >= 0.3 is 0 Å². The zero-order chi connectivity index (χ0) is 15.6. The summed E-state index contributed by atoms with van der Waals surface area (Å²) in [6.45, 7) is 4.01. The summed E-state index contributed by atoms with van der Waals surface area (Å²) in [5.41, 5.74) is 7.51. The second-order valence-corrected chi connectivity index (χ2v) is 5.02. The van der Waals surface area contributed by atoms with Crippen LogP contribution in [0.15, 0.2) is 41.2 Å². The van der Waals surface area contributed by atoms with Gasteiger partial charge in [-0.2, -0.15) is 0 Å². The molecule has 2 N–H and O–H groups in total. The number of nitro groups is 1. The monoisotopic (exact) mass is 287 g/mol. The van der Waals surface area contributed by atoms with Crippen molar-refractivity contribution in [1.82, 2.24) is 4.57 Å². The Labute approximate surface area is 122 Å². The predicted molar refractivity (Wildman–Crippen MR) is 81.1 cm³/mol. The van der Waals surface area contributed by atoms with E-state index in [1.807, 2.05) is 19.9 Å². The standard InChI is InChI=1S/C15H17N3O3/c1-10(2)17-14(8-5-12(9-16)15(17)19)11-3-6-13(7-4-11)18(20)21/h3-8,10H,9,16H2,1-2H3. The average molecular weight is 287 g/mol. The van der Waals surface area contributed by atoms with Crippen molar-refractivity contribution in [2.24, 2.45) is 5.73 Å². The number of hydrogen-bond acceptors (Lipinski definition) is 4. The fourth-order valence-electron chi connectivity index (χ4n) is 2.25. The Kier molecular flexibility index (Phi) is 4.18. The van der Waals surface area contributed by atoms with Crippen LogP contribution in [0, 0.1) is 10.1 Å². The minimum atomic E-state index is -0.448. The summed E-state index contributed by atoms with van der Waals surface area (Å²) in [7, 11) is 0. The number of non-ortho nitro benzene ring substituents is 1. The van der Waals surface area contributed by atoms with Crippen molar-refractivity contribution in [3.8, 4) is 11.3 Å². The first-order valence-corrected chi connectivity index (χ1v) is 6.65. The van der Waals surface area contributed by atoms with Crippen molar-refractivity contribution in [3.63, 3.8) is 0 Å². The van der Waals surface area contributed by atoms with Crippen LogP contribution >= 0.6 is 0 Å². The lowest BCUT2D eigenvalue weighted by molar-refractivity contribution is -0.384. The molecule has 21 heavy (non-hydrogen) atoms. The summed E-state index contributed by atoms with van der Waals surface area (Å²) >= 11 is 0. The Morgan fingerprint density at radius 1 is 1.19 bits per heavy atom. The minimum absolute atomic E-state index is 0.0239. The van der Waals surface area contributed by atoms with Crippen LogP contribution in [0.5, 0.6) is 0 Å². The summed E-state index contributed by atoms with van der Waals surface area (Å²) < 4.78 is 1.66. The Hall–Kier alpha value is -2.47. The topological polar surface area (TPSA) is 91.2 Å². The zero-order valence-electron chi connectivity index (χ0n) is 11.9. The molecule has 0 aliphatic carbocycles. The molecule has 0 fully saturated rings. The van der Waals surface area contributed by atoms with Crippen LogP contribution in [0.1, 0.15) is 25.5 Å². The Balaban J connectivity index is 2.60. The molecule has 0 aliphatic rings. The molecular formula is C15H17N3O3. The van der Waals surface area contributed by atoms with Crippen molar-refractivity contribution >= 4 is 5.69 Å². The van der Waals surface area contributed by atoms with Crippen LogP contribution in [0.3, 0.4) is 0 Å². The molecular weight excluding hydrogens is 270 g/mol. The van der Waals surface area contributed by atoms with Gasteiger partial charge in [-0.05, 0) is 37.6 Å². The number of aromatic nitrogens is 1. The first kappa shape index (κ1) is 14.9. The summed E-state index contributed by atoms with van der Waals surface area (Å²) in [6, 6.07) is 9.65. The molecule has 6 nitrogen and oxygen atoms in total. The average Bonchev–Trinajstić information content (AvgIpc) is 2.46. The molecule has 0 radical (unpaired) electrons. The highest BCUT2D eigenvalue weighted by Gasteiger charge is 2.13. The normalized spacial score (nSPS) is 10.9. The molecule has 0 aliphatic heterocycles. The maximum atomic E-state index is 12.4. The molecule has 0 bridgehead atoms. The van der Waals surface area contributed by atoms with Crippen LogP contribution in [-0.4, -0.2) is 9.49 Å². The molecule has 0 unspecified atom stereocenters. The van der Waals surface area contributed by atoms with E-state index in [4.69, 9.17) is 5.73 Å². The minimum Gasteiger partial charge on any atom is -0.326 e. The highest BCUT2D eigenvalue weighted by molar-refractivity contribution is 5.61. The molecule has 1 aromatic heterocycles. The van der Waals surface area contributed by atoms with Gasteiger partial charge in [-0.25, -0.2) is 0 Å². The van der Waals surface area contributed by atoms with E-state index in [1.54, 1.807) is 22.8 Å². The summed E-state index contributed by atoms with van der Waals surface area (Å²) in [4.78, 5) is 22.6. The van der Waals surface area contributed by atoms with Crippen LogP contribution in [0.2, 0.25) is 0 Å². The lowest BCUT2D eigenvalue weighted by atomic mass is 10.1. The molecule has 0 saturated carbocycles. The third-order valence-electron chi connectivity index (χ3n) is 3.31. The van der Waals surface area contributed by atoms with Gasteiger partial charge in [0.15, 0.2) is 0 Å². The van der Waals surface area contributed by atoms with Crippen molar-refractivity contribution in [1.29, 1.82) is 0 Å². The van der Waals surface area contributed by atoms with E-state index in [-0.39, 0.29) is 23.8 Å². The van der Waals surface area contributed by atoms with E-state index in [9.17, 15) is 14.9 Å². The van der Waals surface area contributed by atoms with Gasteiger partial charge in [0, 0.05) is 30.3 Å². The Morgan fingerprint density at radius 3 is 2.29 bits per heavy atom. The highest BCUT2D eigenvalue weighted by atomic mass is 16.6. The predicted octanol–water partition coefficient (Wildman–Crippen LogP) is 2.46. The molecule has 2 rings (SSSR count). The lowest BCUT2D eigenvalue weighted by Gasteiger charge is -2.17. The molecule has 0 spiro atoms. The number of nitrogens with two attached hydrogens (primary N) is 1. The van der Waals surface area contributed by atoms with E-state index in [0.29, 0.717) is 5.56 Å². The molecule has 1 aromatic carbocycles. The van der Waals surface area contributed by atoms with E-state index in [1.165, 1.54) is 12.1 Å². The van der Waals surface area contributed by atoms with Crippen molar-refractivity contribution in [2.75, 3.05) is 0 Å². The molecule has 6 heteroatoms. The van der Waals surface area contributed by atoms with Crippen molar-refractivity contribution in [3.05, 3.63) is 62.4 Å². The van der Waals surface area contributed by atoms with Crippen LogP contribution in [0.4, 0.5) is 5.69 Å². The smallest absolute Gasteiger partial charge is 0.269 e. The first-order chi connectivity index (χ1) is 9.95. The van der Waals surface area contributed by atoms with E-state index in [0.717, 1.165) is 11.3 Å². The third kappa shape index (κ3) is 2.85. The Morgan fingerprint density at radius 2 is 1.81 bits per heavy atom. The summed E-state index contributed by atoms with van der Waals surface area (Å²) in [6.07, 6.45) is 0. The molecule has 0 amide bonds. The van der Waals surface area contributed by atoms with Crippen molar-refractivity contribution in [2.45, 2.75) is 26.4 Å². The maximum Gasteiger partial charge on any atom is 0.269 e. The largest absolute Gasteiger partial charge is 0.326 e. The van der Waals surface area contributed by atoms with E-state index < -0.39 is 4.92 Å². The lowest BCUT2D eigenvalue weighted by Crippen LogP contribution is -2.27. The number of nitro benzene ring substituents is 1. The number of hydrogen-bond donors (Lipinski definition) is 1. The van der Waals surface area contributed by atoms with E-state index >= 15 is 0 Å².